The summed E-state index contributed by atoms with van der Waals surface area (Å²) in [5, 5.41) is 2.78. The Morgan fingerprint density at radius 2 is 1.71 bits per heavy atom. The van der Waals surface area contributed by atoms with Crippen LogP contribution in [0.3, 0.4) is 0 Å². The number of amides is 1. The van der Waals surface area contributed by atoms with E-state index in [1.165, 1.54) is 4.31 Å². The molecule has 2 rings (SSSR count). The molecule has 0 aliphatic carbocycles. The minimum Gasteiger partial charge on any atom is -0.497 e. The molecule has 28 heavy (non-hydrogen) atoms. The van der Waals surface area contributed by atoms with Crippen LogP contribution in [0.4, 0.5) is 0 Å². The summed E-state index contributed by atoms with van der Waals surface area (Å²) < 4.78 is 37.4. The maximum absolute atomic E-state index is 12.5. The van der Waals surface area contributed by atoms with E-state index in [0.29, 0.717) is 24.6 Å². The number of methoxy groups -OCH3 is 1. The first-order chi connectivity index (χ1) is 13.3. The number of thiophene rings is 1. The Morgan fingerprint density at radius 1 is 1.11 bits per heavy atom. The molecule has 1 heterocycles. The van der Waals surface area contributed by atoms with Gasteiger partial charge in [0.05, 0.1) is 13.7 Å². The van der Waals surface area contributed by atoms with Crippen molar-refractivity contribution in [3.05, 3.63) is 41.3 Å². The van der Waals surface area contributed by atoms with Gasteiger partial charge in [0.1, 0.15) is 15.7 Å². The molecule has 0 fully saturated rings. The average Bonchev–Trinajstić information content (AvgIpc) is 3.17. The minimum absolute atomic E-state index is 0.244. The fourth-order valence-corrected chi connectivity index (χ4v) is 5.42. The fraction of sp³-hybridized carbons (Fsp3) is 0.421. The van der Waals surface area contributed by atoms with Crippen LogP contribution in [0.15, 0.2) is 40.6 Å². The summed E-state index contributed by atoms with van der Waals surface area (Å²) in [4.78, 5) is 13.0. The van der Waals surface area contributed by atoms with Crippen LogP contribution in [0.5, 0.6) is 11.5 Å². The largest absolute Gasteiger partial charge is 0.497 e. The zero-order valence-electron chi connectivity index (χ0n) is 16.5. The van der Waals surface area contributed by atoms with Crippen molar-refractivity contribution in [3.63, 3.8) is 0 Å². The highest BCUT2D eigenvalue weighted by Crippen LogP contribution is 2.25. The zero-order valence-corrected chi connectivity index (χ0v) is 18.1. The van der Waals surface area contributed by atoms with Gasteiger partial charge in [-0.05, 0) is 43.3 Å². The quantitative estimate of drug-likeness (QED) is 0.631. The van der Waals surface area contributed by atoms with Crippen molar-refractivity contribution in [2.75, 3.05) is 20.2 Å². The summed E-state index contributed by atoms with van der Waals surface area (Å²) in [6.45, 7) is 6.35. The standard InChI is InChI=1S/C19H26N2O5S2/c1-5-21(6-2)28(23,24)18-12-11-17(27-18)13-20-19(22)14(3)26-16-9-7-15(25-4)8-10-16/h7-12,14H,5-6,13H2,1-4H3,(H,20,22)/t14-/m1/s1. The van der Waals surface area contributed by atoms with Gasteiger partial charge in [-0.15, -0.1) is 11.3 Å². The van der Waals surface area contributed by atoms with Crippen LogP contribution in [0.25, 0.3) is 0 Å². The van der Waals surface area contributed by atoms with Gasteiger partial charge in [-0.25, -0.2) is 8.42 Å². The molecular formula is C19H26N2O5S2. The molecule has 0 aliphatic rings. The van der Waals surface area contributed by atoms with Crippen LogP contribution in [0.1, 0.15) is 25.6 Å². The van der Waals surface area contributed by atoms with Crippen molar-refractivity contribution in [1.82, 2.24) is 9.62 Å². The first-order valence-corrected chi connectivity index (χ1v) is 11.2. The fourth-order valence-electron chi connectivity index (χ4n) is 2.51. The predicted octanol–water partition coefficient (Wildman–Crippen LogP) is 2.87. The molecule has 154 valence electrons. The maximum atomic E-state index is 12.5. The molecule has 1 atom stereocenters. The summed E-state index contributed by atoms with van der Waals surface area (Å²) in [6.07, 6.45) is -0.688. The lowest BCUT2D eigenvalue weighted by Crippen LogP contribution is -2.35. The van der Waals surface area contributed by atoms with Crippen molar-refractivity contribution in [2.24, 2.45) is 0 Å². The second-order valence-electron chi connectivity index (χ2n) is 5.96. The summed E-state index contributed by atoms with van der Waals surface area (Å²) >= 11 is 1.16. The number of carbonyl (C=O) groups excluding carboxylic acids is 1. The van der Waals surface area contributed by atoms with Crippen molar-refractivity contribution < 1.29 is 22.7 Å². The van der Waals surface area contributed by atoms with Gasteiger partial charge in [0.25, 0.3) is 15.9 Å². The van der Waals surface area contributed by atoms with Crippen LogP contribution in [-0.2, 0) is 21.4 Å². The lowest BCUT2D eigenvalue weighted by atomic mass is 10.3. The number of nitrogens with one attached hydrogen (secondary N) is 1. The molecule has 1 aromatic heterocycles. The van der Waals surface area contributed by atoms with Crippen molar-refractivity contribution in [2.45, 2.75) is 37.6 Å². The van der Waals surface area contributed by atoms with Crippen molar-refractivity contribution >= 4 is 27.3 Å². The molecule has 0 saturated carbocycles. The Balaban J connectivity index is 1.92. The number of benzene rings is 1. The predicted molar refractivity (Wildman–Crippen MR) is 109 cm³/mol. The molecular weight excluding hydrogens is 400 g/mol. The zero-order chi connectivity index (χ0) is 20.7. The Hall–Kier alpha value is -2.10. The van der Waals surface area contributed by atoms with E-state index in [1.807, 2.05) is 0 Å². The number of nitrogens with zero attached hydrogens (tertiary/aromatic N) is 1. The molecule has 0 unspecified atom stereocenters. The van der Waals surface area contributed by atoms with Crippen LogP contribution < -0.4 is 14.8 Å². The minimum atomic E-state index is -3.48. The van der Waals surface area contributed by atoms with Gasteiger partial charge in [0.2, 0.25) is 0 Å². The van der Waals surface area contributed by atoms with E-state index in [1.54, 1.807) is 64.3 Å². The smallest absolute Gasteiger partial charge is 0.261 e. The number of ether oxygens (including phenoxy) is 2. The highest BCUT2D eigenvalue weighted by Gasteiger charge is 2.23. The summed E-state index contributed by atoms with van der Waals surface area (Å²) in [6, 6.07) is 10.3. The molecule has 1 N–H and O–H groups in total. The van der Waals surface area contributed by atoms with Crippen molar-refractivity contribution in [3.8, 4) is 11.5 Å². The first kappa shape index (κ1) is 22.2. The number of sulfonamides is 1. The third-order valence-corrected chi connectivity index (χ3v) is 7.72. The lowest BCUT2D eigenvalue weighted by molar-refractivity contribution is -0.127. The Bertz CT molecular complexity index is 874. The molecule has 0 radical (unpaired) electrons. The van der Waals surface area contributed by atoms with E-state index in [0.717, 1.165) is 16.2 Å². The molecule has 0 bridgehead atoms. The van der Waals surface area contributed by atoms with Gasteiger partial charge in [-0.1, -0.05) is 13.8 Å². The third kappa shape index (κ3) is 5.46. The molecule has 9 heteroatoms. The van der Waals surface area contributed by atoms with Gasteiger partial charge in [-0.2, -0.15) is 4.31 Å². The summed E-state index contributed by atoms with van der Waals surface area (Å²) in [5.41, 5.74) is 0. The van der Waals surface area contributed by atoms with Gasteiger partial charge in [-0.3, -0.25) is 4.79 Å². The Morgan fingerprint density at radius 3 is 2.29 bits per heavy atom. The second kappa shape index (κ2) is 9.90. The van der Waals surface area contributed by atoms with Crippen LogP contribution in [0.2, 0.25) is 0 Å². The SMILES string of the molecule is CCN(CC)S(=O)(=O)c1ccc(CNC(=O)[C@@H](C)Oc2ccc(OC)cc2)s1. The number of carbonyl (C=O) groups is 1. The molecule has 0 saturated heterocycles. The highest BCUT2D eigenvalue weighted by molar-refractivity contribution is 7.91. The van der Waals surface area contributed by atoms with Gasteiger partial charge < -0.3 is 14.8 Å². The van der Waals surface area contributed by atoms with E-state index in [9.17, 15) is 13.2 Å². The Labute approximate surface area is 170 Å². The van der Waals surface area contributed by atoms with Crippen molar-refractivity contribution in [1.29, 1.82) is 0 Å². The van der Waals surface area contributed by atoms with E-state index in [2.05, 4.69) is 5.32 Å². The molecule has 1 amide bonds. The third-order valence-electron chi connectivity index (χ3n) is 4.11. The molecule has 0 aliphatic heterocycles. The van der Waals surface area contributed by atoms with E-state index in [-0.39, 0.29) is 16.7 Å². The van der Waals surface area contributed by atoms with E-state index in [4.69, 9.17) is 9.47 Å². The van der Waals surface area contributed by atoms with Gasteiger partial charge >= 0.3 is 0 Å². The summed E-state index contributed by atoms with van der Waals surface area (Å²) in [5.74, 6) is 0.988. The number of rotatable bonds is 10. The van der Waals surface area contributed by atoms with Crippen LogP contribution in [-0.4, -0.2) is 44.9 Å². The van der Waals surface area contributed by atoms with Crippen LogP contribution in [0, 0.1) is 0 Å². The Kier molecular flexibility index (Phi) is 7.85. The molecule has 1 aromatic carbocycles. The molecule has 7 nitrogen and oxygen atoms in total. The van der Waals surface area contributed by atoms with Gasteiger partial charge in [0, 0.05) is 18.0 Å². The normalized spacial score (nSPS) is 12.6. The van der Waals surface area contributed by atoms with Gasteiger partial charge in [0.15, 0.2) is 6.10 Å². The number of hydrogen-bond donors (Lipinski definition) is 1. The van der Waals surface area contributed by atoms with E-state index < -0.39 is 16.1 Å². The summed E-state index contributed by atoms with van der Waals surface area (Å²) in [7, 11) is -1.90. The molecule has 2 aromatic rings. The number of hydrogen-bond acceptors (Lipinski definition) is 6. The molecule has 0 spiro atoms. The maximum Gasteiger partial charge on any atom is 0.261 e. The second-order valence-corrected chi connectivity index (χ2v) is 9.30. The first-order valence-electron chi connectivity index (χ1n) is 8.99. The van der Waals surface area contributed by atoms with Crippen LogP contribution >= 0.6 is 11.3 Å². The lowest BCUT2D eigenvalue weighted by Gasteiger charge is -2.16. The highest BCUT2D eigenvalue weighted by atomic mass is 32.2. The topological polar surface area (TPSA) is 84.9 Å². The van der Waals surface area contributed by atoms with E-state index >= 15 is 0 Å². The monoisotopic (exact) mass is 426 g/mol. The average molecular weight is 427 g/mol.